The number of rotatable bonds is 4. The molecule has 1 nitrogen and oxygen atoms in total. The van der Waals surface area contributed by atoms with Crippen molar-refractivity contribution >= 4 is 15.9 Å². The highest BCUT2D eigenvalue weighted by molar-refractivity contribution is 9.10. The molecule has 0 amide bonds. The van der Waals surface area contributed by atoms with Crippen molar-refractivity contribution in [3.8, 4) is 0 Å². The molecule has 2 rings (SSSR count). The number of hydrogen-bond acceptors (Lipinski definition) is 1. The summed E-state index contributed by atoms with van der Waals surface area (Å²) in [5.41, 5.74) is 2.65. The van der Waals surface area contributed by atoms with Crippen LogP contribution in [0.3, 0.4) is 0 Å². The fourth-order valence-electron chi connectivity index (χ4n) is 2.18. The minimum atomic E-state index is -0.265. The van der Waals surface area contributed by atoms with Crippen LogP contribution in [0, 0.1) is 18.6 Å². The van der Waals surface area contributed by atoms with Crippen LogP contribution < -0.4 is 5.32 Å². The summed E-state index contributed by atoms with van der Waals surface area (Å²) in [6.45, 7) is 1.75. The van der Waals surface area contributed by atoms with Crippen molar-refractivity contribution in [1.29, 1.82) is 0 Å². The van der Waals surface area contributed by atoms with Crippen LogP contribution in [0.15, 0.2) is 40.9 Å². The van der Waals surface area contributed by atoms with E-state index < -0.39 is 0 Å². The minimum absolute atomic E-state index is 0.0519. The van der Waals surface area contributed by atoms with E-state index in [1.807, 2.05) is 13.1 Å². The molecule has 0 aliphatic rings. The normalized spacial score (nSPS) is 12.4. The fourth-order valence-corrected chi connectivity index (χ4v) is 2.69. The van der Waals surface area contributed by atoms with Gasteiger partial charge in [-0.3, -0.25) is 0 Å². The SMILES string of the molecule is CNC(Cc1ccc(F)cc1Br)c1ccc(F)c(C)c1. The number of benzene rings is 2. The Morgan fingerprint density at radius 3 is 2.50 bits per heavy atom. The third-order valence-electron chi connectivity index (χ3n) is 3.37. The summed E-state index contributed by atoms with van der Waals surface area (Å²) in [4.78, 5) is 0. The number of aryl methyl sites for hydroxylation is 1. The van der Waals surface area contributed by atoms with Crippen LogP contribution in [0.1, 0.15) is 22.7 Å². The predicted molar refractivity (Wildman–Crippen MR) is 80.7 cm³/mol. The Morgan fingerprint density at radius 2 is 1.90 bits per heavy atom. The van der Waals surface area contributed by atoms with Crippen molar-refractivity contribution < 1.29 is 8.78 Å². The second-order valence-electron chi connectivity index (χ2n) is 4.79. The summed E-state index contributed by atoms with van der Waals surface area (Å²) in [7, 11) is 1.86. The summed E-state index contributed by atoms with van der Waals surface area (Å²) >= 11 is 3.38. The smallest absolute Gasteiger partial charge is 0.126 e. The van der Waals surface area contributed by atoms with Gasteiger partial charge in [0.15, 0.2) is 0 Å². The average molecular weight is 340 g/mol. The number of nitrogens with one attached hydrogen (secondary N) is 1. The van der Waals surface area contributed by atoms with Gasteiger partial charge >= 0.3 is 0 Å². The lowest BCUT2D eigenvalue weighted by atomic mass is 9.97. The third-order valence-corrected chi connectivity index (χ3v) is 4.11. The Hall–Kier alpha value is -1.26. The number of likely N-dealkylation sites (N-methyl/N-ethyl adjacent to an activating group) is 1. The lowest BCUT2D eigenvalue weighted by Gasteiger charge is -2.18. The van der Waals surface area contributed by atoms with E-state index in [4.69, 9.17) is 0 Å². The zero-order chi connectivity index (χ0) is 14.7. The molecule has 2 aromatic rings. The zero-order valence-corrected chi connectivity index (χ0v) is 13.0. The molecule has 0 bridgehead atoms. The van der Waals surface area contributed by atoms with Crippen molar-refractivity contribution in [3.63, 3.8) is 0 Å². The highest BCUT2D eigenvalue weighted by atomic mass is 79.9. The molecule has 0 fully saturated rings. The molecule has 4 heteroatoms. The second kappa shape index (κ2) is 6.46. The van der Waals surface area contributed by atoms with E-state index >= 15 is 0 Å². The van der Waals surface area contributed by atoms with Crippen molar-refractivity contribution in [2.24, 2.45) is 0 Å². The van der Waals surface area contributed by atoms with Gasteiger partial charge in [0.1, 0.15) is 11.6 Å². The second-order valence-corrected chi connectivity index (χ2v) is 5.64. The van der Waals surface area contributed by atoms with Crippen LogP contribution in [-0.4, -0.2) is 7.05 Å². The molecule has 1 N–H and O–H groups in total. The van der Waals surface area contributed by atoms with Crippen LogP contribution in [-0.2, 0) is 6.42 Å². The maximum atomic E-state index is 13.3. The van der Waals surface area contributed by atoms with Gasteiger partial charge in [0.05, 0.1) is 0 Å². The molecule has 106 valence electrons. The summed E-state index contributed by atoms with van der Waals surface area (Å²) in [6.07, 6.45) is 0.697. The van der Waals surface area contributed by atoms with Crippen LogP contribution >= 0.6 is 15.9 Å². The van der Waals surface area contributed by atoms with E-state index in [0.29, 0.717) is 12.0 Å². The van der Waals surface area contributed by atoms with E-state index in [9.17, 15) is 8.78 Å². The maximum Gasteiger partial charge on any atom is 0.126 e. The molecule has 1 atom stereocenters. The minimum Gasteiger partial charge on any atom is -0.313 e. The van der Waals surface area contributed by atoms with Gasteiger partial charge in [-0.1, -0.05) is 34.1 Å². The fraction of sp³-hybridized carbons (Fsp3) is 0.250. The first kappa shape index (κ1) is 15.1. The first-order valence-electron chi connectivity index (χ1n) is 6.38. The quantitative estimate of drug-likeness (QED) is 0.862. The molecular weight excluding hydrogens is 324 g/mol. The van der Waals surface area contributed by atoms with E-state index in [2.05, 4.69) is 21.2 Å². The third kappa shape index (κ3) is 3.44. The van der Waals surface area contributed by atoms with Crippen LogP contribution in [0.5, 0.6) is 0 Å². The molecule has 20 heavy (non-hydrogen) atoms. The lowest BCUT2D eigenvalue weighted by molar-refractivity contribution is 0.579. The van der Waals surface area contributed by atoms with Gasteiger partial charge < -0.3 is 5.32 Å². The molecule has 0 heterocycles. The number of halogens is 3. The van der Waals surface area contributed by atoms with E-state index in [1.165, 1.54) is 18.2 Å². The molecule has 0 saturated carbocycles. The molecule has 0 aromatic heterocycles. The van der Waals surface area contributed by atoms with Crippen molar-refractivity contribution in [1.82, 2.24) is 5.32 Å². The van der Waals surface area contributed by atoms with Gasteiger partial charge in [0, 0.05) is 10.5 Å². The molecular formula is C16H16BrF2N. The van der Waals surface area contributed by atoms with Crippen molar-refractivity contribution in [2.45, 2.75) is 19.4 Å². The van der Waals surface area contributed by atoms with Gasteiger partial charge in [0.25, 0.3) is 0 Å². The summed E-state index contributed by atoms with van der Waals surface area (Å²) < 4.78 is 27.2. The first-order chi connectivity index (χ1) is 9.51. The Balaban J connectivity index is 2.26. The zero-order valence-electron chi connectivity index (χ0n) is 11.4. The highest BCUT2D eigenvalue weighted by Gasteiger charge is 2.13. The van der Waals surface area contributed by atoms with Crippen LogP contribution in [0.4, 0.5) is 8.78 Å². The maximum absolute atomic E-state index is 13.3. The number of hydrogen-bond donors (Lipinski definition) is 1. The lowest BCUT2D eigenvalue weighted by Crippen LogP contribution is -2.19. The summed E-state index contributed by atoms with van der Waals surface area (Å²) in [5, 5.41) is 3.22. The Bertz CT molecular complexity index is 613. The summed E-state index contributed by atoms with van der Waals surface area (Å²) in [6, 6.07) is 9.82. The van der Waals surface area contributed by atoms with Crippen LogP contribution in [0.25, 0.3) is 0 Å². The Morgan fingerprint density at radius 1 is 1.15 bits per heavy atom. The predicted octanol–water partition coefficient (Wildman–Crippen LogP) is 4.54. The summed E-state index contributed by atoms with van der Waals surface area (Å²) in [5.74, 6) is -0.467. The van der Waals surface area contributed by atoms with Crippen LogP contribution in [0.2, 0.25) is 0 Å². The van der Waals surface area contributed by atoms with Crippen molar-refractivity contribution in [3.05, 3.63) is 69.2 Å². The largest absolute Gasteiger partial charge is 0.313 e. The molecule has 0 radical (unpaired) electrons. The molecule has 0 aliphatic carbocycles. The van der Waals surface area contributed by atoms with Gasteiger partial charge in [-0.25, -0.2) is 8.78 Å². The van der Waals surface area contributed by atoms with Gasteiger partial charge in [0.2, 0.25) is 0 Å². The van der Waals surface area contributed by atoms with E-state index in [0.717, 1.165) is 15.6 Å². The monoisotopic (exact) mass is 339 g/mol. The van der Waals surface area contributed by atoms with E-state index in [-0.39, 0.29) is 17.7 Å². The molecule has 2 aromatic carbocycles. The average Bonchev–Trinajstić information content (AvgIpc) is 2.41. The van der Waals surface area contributed by atoms with Gasteiger partial charge in [-0.05, 0) is 55.3 Å². The van der Waals surface area contributed by atoms with Gasteiger partial charge in [-0.2, -0.15) is 0 Å². The molecule has 0 saturated heterocycles. The Labute approximate surface area is 126 Å². The highest BCUT2D eigenvalue weighted by Crippen LogP contribution is 2.25. The van der Waals surface area contributed by atoms with Gasteiger partial charge in [-0.15, -0.1) is 0 Å². The molecule has 1 unspecified atom stereocenters. The Kier molecular flexibility index (Phi) is 4.89. The molecule has 0 spiro atoms. The molecule has 0 aliphatic heterocycles. The van der Waals surface area contributed by atoms with E-state index in [1.54, 1.807) is 19.1 Å². The van der Waals surface area contributed by atoms with Crippen molar-refractivity contribution in [2.75, 3.05) is 7.05 Å². The first-order valence-corrected chi connectivity index (χ1v) is 7.18. The topological polar surface area (TPSA) is 12.0 Å². The standard InChI is InChI=1S/C16H16BrF2N/c1-10-7-12(4-6-15(10)19)16(20-2)8-11-3-5-13(18)9-14(11)17/h3-7,9,16,20H,8H2,1-2H3.